The van der Waals surface area contributed by atoms with Gasteiger partial charge in [-0.2, -0.15) is 0 Å². The van der Waals surface area contributed by atoms with Crippen molar-refractivity contribution in [3.63, 3.8) is 0 Å². The molecular weight excluding hydrogens is 758 g/mol. The predicted octanol–water partition coefficient (Wildman–Crippen LogP) is -1.88. The van der Waals surface area contributed by atoms with Crippen molar-refractivity contribution < 1.29 is 58.7 Å². The van der Waals surface area contributed by atoms with E-state index in [9.17, 15) is 54.0 Å². The van der Waals surface area contributed by atoms with E-state index in [1.165, 1.54) is 46.6 Å². The van der Waals surface area contributed by atoms with Gasteiger partial charge in [-0.05, 0) is 26.2 Å². The molecule has 1 unspecified atom stereocenters. The van der Waals surface area contributed by atoms with Gasteiger partial charge in [0.15, 0.2) is 6.10 Å². The van der Waals surface area contributed by atoms with Crippen LogP contribution in [0.2, 0.25) is 0 Å². The number of carbonyl (C=O) groups is 7. The maximum Gasteiger partial charge on any atom is 0.251 e. The van der Waals surface area contributed by atoms with Crippen molar-refractivity contribution in [3.05, 3.63) is 36.5 Å². The summed E-state index contributed by atoms with van der Waals surface area (Å²) < 4.78 is 5.48. The number of unbranched alkanes of at least 4 members (excludes halogenated alkanes) is 5. The molecule has 0 aromatic rings. The lowest BCUT2D eigenvalue weighted by atomic mass is 9.97. The first-order valence-electron chi connectivity index (χ1n) is 19.7. The number of ether oxygens (including phenoxy) is 1. The van der Waals surface area contributed by atoms with Crippen LogP contribution in [0.1, 0.15) is 91.4 Å². The van der Waals surface area contributed by atoms with Gasteiger partial charge in [-0.15, -0.1) is 0 Å². The molecule has 0 aromatic carbocycles. The summed E-state index contributed by atoms with van der Waals surface area (Å²) in [6.45, 7) is 4.34. The van der Waals surface area contributed by atoms with Crippen LogP contribution < -0.4 is 38.1 Å². The Labute approximate surface area is 339 Å². The third-order valence-electron chi connectivity index (χ3n) is 9.35. The molecule has 58 heavy (non-hydrogen) atoms. The average molecular weight is 824 g/mol. The van der Waals surface area contributed by atoms with Crippen LogP contribution in [0.5, 0.6) is 0 Å². The largest absolute Gasteiger partial charge is 0.393 e. The van der Waals surface area contributed by atoms with Gasteiger partial charge in [0.2, 0.25) is 35.4 Å². The quantitative estimate of drug-likeness (QED) is 0.0448. The molecule has 1 aliphatic rings. The summed E-state index contributed by atoms with van der Waals surface area (Å²) in [6.07, 6.45) is 8.34. The lowest BCUT2D eigenvalue weighted by Crippen LogP contribution is -2.60. The molecular formula is C39H65N7O12. The maximum atomic E-state index is 13.8. The van der Waals surface area contributed by atoms with Crippen molar-refractivity contribution in [1.82, 2.24) is 26.6 Å². The molecule has 0 spiro atoms. The van der Waals surface area contributed by atoms with E-state index in [0.29, 0.717) is 0 Å². The summed E-state index contributed by atoms with van der Waals surface area (Å²) in [5.41, 5.74) is 10.6. The van der Waals surface area contributed by atoms with Gasteiger partial charge in [-0.1, -0.05) is 76.0 Å². The minimum Gasteiger partial charge on any atom is -0.393 e. The summed E-state index contributed by atoms with van der Waals surface area (Å²) in [4.78, 5) is 90.5. The first-order chi connectivity index (χ1) is 27.4. The zero-order valence-corrected chi connectivity index (χ0v) is 33.9. The van der Waals surface area contributed by atoms with E-state index >= 15 is 0 Å². The van der Waals surface area contributed by atoms with Gasteiger partial charge >= 0.3 is 0 Å². The number of nitrogens with one attached hydrogen (secondary N) is 5. The molecule has 1 heterocycles. The molecule has 7 amide bonds. The minimum atomic E-state index is -2.05. The Hall–Kier alpha value is -4.69. The van der Waals surface area contributed by atoms with Crippen LogP contribution in [0.15, 0.2) is 36.5 Å². The van der Waals surface area contributed by atoms with E-state index in [1.54, 1.807) is 18.2 Å². The van der Waals surface area contributed by atoms with Gasteiger partial charge in [0.05, 0.1) is 49.2 Å². The summed E-state index contributed by atoms with van der Waals surface area (Å²) in [5, 5.41) is 54.4. The molecule has 19 nitrogen and oxygen atoms in total. The van der Waals surface area contributed by atoms with Gasteiger partial charge in [0.25, 0.3) is 5.91 Å². The smallest absolute Gasteiger partial charge is 0.251 e. The van der Waals surface area contributed by atoms with Crippen molar-refractivity contribution in [2.24, 2.45) is 17.4 Å². The van der Waals surface area contributed by atoms with Gasteiger partial charge in [-0.3, -0.25) is 33.6 Å². The van der Waals surface area contributed by atoms with E-state index in [-0.39, 0.29) is 6.42 Å². The van der Waals surface area contributed by atoms with Crippen LogP contribution in [0, 0.1) is 5.92 Å². The molecule has 1 saturated heterocycles. The van der Waals surface area contributed by atoms with Gasteiger partial charge in [-0.25, -0.2) is 0 Å². The highest BCUT2D eigenvalue weighted by Gasteiger charge is 2.37. The zero-order valence-electron chi connectivity index (χ0n) is 33.9. The monoisotopic (exact) mass is 823 g/mol. The van der Waals surface area contributed by atoms with E-state index in [4.69, 9.17) is 16.2 Å². The number of amides is 7. The third-order valence-corrected chi connectivity index (χ3v) is 9.35. The fourth-order valence-corrected chi connectivity index (χ4v) is 5.80. The van der Waals surface area contributed by atoms with Crippen LogP contribution in [0.25, 0.3) is 0 Å². The van der Waals surface area contributed by atoms with Gasteiger partial charge < -0.3 is 63.2 Å². The van der Waals surface area contributed by atoms with E-state index in [0.717, 1.165) is 12.8 Å². The molecule has 10 atom stereocenters. The van der Waals surface area contributed by atoms with Gasteiger partial charge in [0, 0.05) is 26.5 Å². The Morgan fingerprint density at radius 3 is 1.90 bits per heavy atom. The lowest BCUT2D eigenvalue weighted by molar-refractivity contribution is -0.137. The summed E-state index contributed by atoms with van der Waals surface area (Å²) in [5.74, 6) is -8.45. The number of aliphatic hydroxyl groups is 4. The standard InChI is InChI=1S/C39H65N7O12/c1-5-6-7-8-9-10-11-12-13-14-15-16-26(58-4)17-25(48)18-27-34(52)39(57)42-22-23(2)35(53)44-29(20-32(40)50)37(55)46-30(21-33(41)51)38(56)45-28(36(54)43-27)19-31(49)24(3)47/h11-16,23-31,34,47-49,52H,5-10,17-22H2,1-4H3,(H2,40,50)(H2,41,51)(H,42,57)(H,43,54)(H,44,53)(H,45,56)(H,46,55)/b12-11+,14-13+,16-15+/t23-,24?,25+,26-,27-,28+,29+,30-,31+,34+/m1/s1. The first-order valence-corrected chi connectivity index (χ1v) is 19.7. The molecule has 1 aliphatic heterocycles. The average Bonchev–Trinajstić information content (AvgIpc) is 3.15. The van der Waals surface area contributed by atoms with Crippen molar-refractivity contribution in [2.45, 2.75) is 146 Å². The Morgan fingerprint density at radius 1 is 0.776 bits per heavy atom. The zero-order chi connectivity index (χ0) is 43.8. The molecule has 1 fully saturated rings. The SMILES string of the molecule is CCCCCCC/C=C/C=C/C=C/[C@H](C[C@H](O)C[C@H]1NC(=O)[C@H](C[C@H](O)C(C)O)NC(=O)[C@@H](CC(N)=O)NC(=O)[C@H](CC(N)=O)NC(=O)[C@H](C)CNC(=O)[C@H]1O)OC. The Kier molecular flexibility index (Phi) is 24.7. The molecule has 0 aromatic heterocycles. The number of primary amides is 2. The highest BCUT2D eigenvalue weighted by molar-refractivity contribution is 5.98. The third kappa shape index (κ3) is 20.6. The van der Waals surface area contributed by atoms with Crippen molar-refractivity contribution >= 4 is 41.4 Å². The second-order valence-corrected chi connectivity index (χ2v) is 14.6. The second-order valence-electron chi connectivity index (χ2n) is 14.6. The second kappa shape index (κ2) is 27.9. The van der Waals surface area contributed by atoms with Crippen LogP contribution >= 0.6 is 0 Å². The number of nitrogens with two attached hydrogens (primary N) is 2. The molecule has 0 radical (unpaired) electrons. The summed E-state index contributed by atoms with van der Waals surface area (Å²) in [7, 11) is 1.42. The highest BCUT2D eigenvalue weighted by atomic mass is 16.5. The van der Waals surface area contributed by atoms with Crippen LogP contribution in [-0.2, 0) is 38.3 Å². The van der Waals surface area contributed by atoms with E-state index in [2.05, 4.69) is 39.6 Å². The topological polar surface area (TPSA) is 322 Å². The van der Waals surface area contributed by atoms with Crippen molar-refractivity contribution in [2.75, 3.05) is 13.7 Å². The molecule has 328 valence electrons. The van der Waals surface area contributed by atoms with Crippen molar-refractivity contribution in [1.29, 1.82) is 0 Å². The number of allylic oxidation sites excluding steroid dienone is 5. The van der Waals surface area contributed by atoms with Gasteiger partial charge in [0.1, 0.15) is 18.1 Å². The fraction of sp³-hybridized carbons (Fsp3) is 0.667. The van der Waals surface area contributed by atoms with Crippen LogP contribution in [0.4, 0.5) is 0 Å². The minimum absolute atomic E-state index is 0.0474. The molecule has 0 bridgehead atoms. The number of carbonyl (C=O) groups excluding carboxylic acids is 7. The van der Waals surface area contributed by atoms with E-state index < -0.39 is 134 Å². The summed E-state index contributed by atoms with van der Waals surface area (Å²) >= 11 is 0. The highest BCUT2D eigenvalue weighted by Crippen LogP contribution is 2.15. The van der Waals surface area contributed by atoms with Crippen molar-refractivity contribution in [3.8, 4) is 0 Å². The predicted molar refractivity (Wildman–Crippen MR) is 213 cm³/mol. The number of rotatable bonds is 21. The summed E-state index contributed by atoms with van der Waals surface area (Å²) in [6, 6.07) is -6.70. The molecule has 0 saturated carbocycles. The van der Waals surface area contributed by atoms with E-state index in [1.807, 2.05) is 12.2 Å². The lowest BCUT2D eigenvalue weighted by Gasteiger charge is -2.30. The fourth-order valence-electron chi connectivity index (χ4n) is 5.80. The number of aliphatic hydroxyl groups excluding tert-OH is 4. The van der Waals surface area contributed by atoms with Crippen LogP contribution in [0.3, 0.4) is 0 Å². The Morgan fingerprint density at radius 2 is 1.33 bits per heavy atom. The number of methoxy groups -OCH3 is 1. The first kappa shape index (κ1) is 51.3. The molecule has 1 rings (SSSR count). The number of hydrogen-bond donors (Lipinski definition) is 11. The molecule has 19 heteroatoms. The molecule has 0 aliphatic carbocycles. The normalized spacial score (nSPS) is 25.3. The molecule has 13 N–H and O–H groups in total. The number of hydrogen-bond acceptors (Lipinski definition) is 12. The van der Waals surface area contributed by atoms with Crippen LogP contribution in [-0.4, -0.2) is 130 Å². The maximum absolute atomic E-state index is 13.8. The Bertz CT molecular complexity index is 1440. The Balaban J connectivity index is 3.42.